The summed E-state index contributed by atoms with van der Waals surface area (Å²) in [6, 6.07) is 5.83. The van der Waals surface area contributed by atoms with Crippen molar-refractivity contribution in [3.8, 4) is 17.2 Å². The van der Waals surface area contributed by atoms with Crippen molar-refractivity contribution >= 4 is 5.97 Å². The third-order valence-electron chi connectivity index (χ3n) is 3.06. The number of esters is 1. The molecule has 0 spiro atoms. The Morgan fingerprint density at radius 1 is 1.29 bits per heavy atom. The van der Waals surface area contributed by atoms with Crippen LogP contribution in [0.4, 0.5) is 13.2 Å². The zero-order chi connectivity index (χ0) is 17.3. The summed E-state index contributed by atoms with van der Waals surface area (Å²) >= 11 is 0. The van der Waals surface area contributed by atoms with Crippen LogP contribution in [0.3, 0.4) is 0 Å². The summed E-state index contributed by atoms with van der Waals surface area (Å²) in [6.45, 7) is 1.48. The minimum Gasteiger partial charge on any atom is -0.440 e. The van der Waals surface area contributed by atoms with Gasteiger partial charge in [-0.25, -0.2) is 14.9 Å². The second-order valence-electron chi connectivity index (χ2n) is 4.80. The molecule has 9 heteroatoms. The molecule has 3 rings (SSSR count). The Kier molecular flexibility index (Phi) is 3.84. The van der Waals surface area contributed by atoms with Gasteiger partial charge in [0.05, 0.1) is 11.8 Å². The Hall–Kier alpha value is -3.10. The van der Waals surface area contributed by atoms with E-state index in [0.29, 0.717) is 0 Å². The molecule has 0 saturated heterocycles. The van der Waals surface area contributed by atoms with Gasteiger partial charge in [-0.3, -0.25) is 0 Å². The quantitative estimate of drug-likeness (QED) is 0.739. The Labute approximate surface area is 133 Å². The molecule has 124 valence electrons. The van der Waals surface area contributed by atoms with Gasteiger partial charge in [0.1, 0.15) is 0 Å². The summed E-state index contributed by atoms with van der Waals surface area (Å²) in [6.07, 6.45) is -3.13. The largest absolute Gasteiger partial charge is 0.440 e. The third kappa shape index (κ3) is 3.14. The van der Waals surface area contributed by atoms with Crippen molar-refractivity contribution in [3.05, 3.63) is 53.7 Å². The maximum absolute atomic E-state index is 12.9. The predicted octanol–water partition coefficient (Wildman–Crippen LogP) is 3.61. The lowest BCUT2D eigenvalue weighted by Gasteiger charge is -2.08. The minimum atomic E-state index is -4.51. The van der Waals surface area contributed by atoms with Crippen LogP contribution in [0.5, 0.6) is 5.88 Å². The van der Waals surface area contributed by atoms with Gasteiger partial charge in [-0.1, -0.05) is 12.1 Å². The average Bonchev–Trinajstić information content (AvgIpc) is 3.16. The summed E-state index contributed by atoms with van der Waals surface area (Å²) < 4.78 is 48.9. The number of hydrogen-bond acceptors (Lipinski definition) is 5. The van der Waals surface area contributed by atoms with Crippen LogP contribution in [0.2, 0.25) is 0 Å². The molecule has 0 radical (unpaired) electrons. The molecule has 0 aliphatic rings. The van der Waals surface area contributed by atoms with E-state index in [0.717, 1.165) is 12.1 Å². The zero-order valence-electron chi connectivity index (χ0n) is 12.2. The number of nitrogens with zero attached hydrogens (tertiary/aromatic N) is 2. The fourth-order valence-electron chi connectivity index (χ4n) is 2.05. The molecule has 2 aromatic heterocycles. The second-order valence-corrected chi connectivity index (χ2v) is 4.80. The number of benzene rings is 1. The summed E-state index contributed by atoms with van der Waals surface area (Å²) in [5.74, 6) is -0.763. The number of ether oxygens (including phenoxy) is 1. The van der Waals surface area contributed by atoms with Crippen molar-refractivity contribution in [3.63, 3.8) is 0 Å². The Morgan fingerprint density at radius 2 is 2.08 bits per heavy atom. The van der Waals surface area contributed by atoms with Gasteiger partial charge in [0.25, 0.3) is 0 Å². The highest BCUT2D eigenvalue weighted by Crippen LogP contribution is 2.33. The number of oxazole rings is 1. The van der Waals surface area contributed by atoms with Crippen LogP contribution >= 0.6 is 0 Å². The van der Waals surface area contributed by atoms with Gasteiger partial charge in [-0.2, -0.15) is 18.3 Å². The van der Waals surface area contributed by atoms with Gasteiger partial charge in [-0.15, -0.1) is 0 Å². The number of carbonyl (C=O) groups excluding carboxylic acids is 1. The molecular weight excluding hydrogens is 327 g/mol. The van der Waals surface area contributed by atoms with Crippen LogP contribution in [-0.4, -0.2) is 21.2 Å². The molecule has 0 saturated carbocycles. The Balaban J connectivity index is 1.99. The molecule has 6 nitrogen and oxygen atoms in total. The predicted molar refractivity (Wildman–Crippen MR) is 75.2 cm³/mol. The third-order valence-corrected chi connectivity index (χ3v) is 3.06. The lowest BCUT2D eigenvalue weighted by Crippen LogP contribution is -2.11. The highest BCUT2D eigenvalue weighted by molar-refractivity contribution is 5.94. The maximum atomic E-state index is 12.9. The molecular formula is C15H10F3N3O3. The van der Waals surface area contributed by atoms with E-state index in [1.54, 1.807) is 0 Å². The van der Waals surface area contributed by atoms with Crippen LogP contribution in [0.1, 0.15) is 21.9 Å². The zero-order valence-corrected chi connectivity index (χ0v) is 12.2. The fraction of sp³-hybridized carbons (Fsp3) is 0.133. The van der Waals surface area contributed by atoms with E-state index in [9.17, 15) is 18.0 Å². The van der Waals surface area contributed by atoms with Crippen molar-refractivity contribution in [2.24, 2.45) is 0 Å². The highest BCUT2D eigenvalue weighted by Gasteiger charge is 2.31. The Morgan fingerprint density at radius 3 is 2.75 bits per heavy atom. The number of aryl methyl sites for hydroxylation is 1. The van der Waals surface area contributed by atoms with Crippen LogP contribution < -0.4 is 4.74 Å². The van der Waals surface area contributed by atoms with Crippen molar-refractivity contribution in [2.45, 2.75) is 13.1 Å². The molecule has 1 N–H and O–H groups in total. The van der Waals surface area contributed by atoms with Gasteiger partial charge in [-0.05, 0) is 12.1 Å². The Bertz CT molecular complexity index is 870. The fourth-order valence-corrected chi connectivity index (χ4v) is 2.05. The van der Waals surface area contributed by atoms with Gasteiger partial charge in [0.15, 0.2) is 17.3 Å². The summed E-state index contributed by atoms with van der Waals surface area (Å²) in [7, 11) is 0. The molecule has 0 bridgehead atoms. The lowest BCUT2D eigenvalue weighted by molar-refractivity contribution is -0.137. The molecule has 0 fully saturated rings. The monoisotopic (exact) mass is 337 g/mol. The molecule has 0 amide bonds. The van der Waals surface area contributed by atoms with Crippen molar-refractivity contribution in [1.29, 1.82) is 0 Å². The highest BCUT2D eigenvalue weighted by atomic mass is 19.4. The number of aromatic nitrogens is 3. The number of alkyl halides is 3. The molecule has 0 aliphatic heterocycles. The standard InChI is InChI=1S/C15H10F3N3O3/c1-8-20-12(14(22)24-11-5-6-19-21-11)13(23-8)9-3-2-4-10(7-9)15(16,17)18/h2-7H,1H3,(H,19,21). The van der Waals surface area contributed by atoms with Crippen LogP contribution in [0, 0.1) is 6.92 Å². The molecule has 24 heavy (non-hydrogen) atoms. The van der Waals surface area contributed by atoms with Crippen molar-refractivity contribution < 1.29 is 27.1 Å². The molecule has 0 unspecified atom stereocenters. The second kappa shape index (κ2) is 5.84. The first-order valence-corrected chi connectivity index (χ1v) is 6.71. The van der Waals surface area contributed by atoms with Gasteiger partial charge in [0.2, 0.25) is 5.88 Å². The first kappa shape index (κ1) is 15.8. The smallest absolute Gasteiger partial charge is 0.416 e. The lowest BCUT2D eigenvalue weighted by atomic mass is 10.1. The summed E-state index contributed by atoms with van der Waals surface area (Å²) in [5, 5.41) is 6.05. The van der Waals surface area contributed by atoms with Crippen LogP contribution in [0.15, 0.2) is 40.9 Å². The van der Waals surface area contributed by atoms with Crippen molar-refractivity contribution in [2.75, 3.05) is 0 Å². The first-order chi connectivity index (χ1) is 11.3. The number of halogens is 3. The van der Waals surface area contributed by atoms with Gasteiger partial charge < -0.3 is 9.15 Å². The van der Waals surface area contributed by atoms with E-state index < -0.39 is 17.7 Å². The van der Waals surface area contributed by atoms with E-state index in [2.05, 4.69) is 15.2 Å². The van der Waals surface area contributed by atoms with E-state index in [4.69, 9.17) is 9.15 Å². The molecule has 0 aliphatic carbocycles. The van der Waals surface area contributed by atoms with E-state index >= 15 is 0 Å². The van der Waals surface area contributed by atoms with Gasteiger partial charge >= 0.3 is 12.1 Å². The average molecular weight is 337 g/mol. The molecule has 3 aromatic rings. The number of aromatic amines is 1. The van der Waals surface area contributed by atoms with Crippen molar-refractivity contribution in [1.82, 2.24) is 15.2 Å². The first-order valence-electron chi connectivity index (χ1n) is 6.71. The van der Waals surface area contributed by atoms with E-state index in [1.165, 1.54) is 31.3 Å². The topological polar surface area (TPSA) is 81.0 Å². The number of rotatable bonds is 3. The number of H-pyrrole nitrogens is 1. The number of carbonyl (C=O) groups is 1. The van der Waals surface area contributed by atoms with Gasteiger partial charge in [0, 0.05) is 18.6 Å². The molecule has 2 heterocycles. The van der Waals surface area contributed by atoms with Crippen LogP contribution in [0.25, 0.3) is 11.3 Å². The van der Waals surface area contributed by atoms with E-state index in [1.807, 2.05) is 0 Å². The summed E-state index contributed by atoms with van der Waals surface area (Å²) in [4.78, 5) is 16.1. The maximum Gasteiger partial charge on any atom is 0.416 e. The van der Waals surface area contributed by atoms with Crippen LogP contribution in [-0.2, 0) is 6.18 Å². The SMILES string of the molecule is Cc1nc(C(=O)Oc2ccn[nH]2)c(-c2cccc(C(F)(F)F)c2)o1. The molecule has 1 aromatic carbocycles. The molecule has 0 atom stereocenters. The normalized spacial score (nSPS) is 11.5. The number of hydrogen-bond donors (Lipinski definition) is 1. The summed E-state index contributed by atoms with van der Waals surface area (Å²) in [5.41, 5.74) is -1.01. The minimum absolute atomic E-state index is 0.0713. The van der Waals surface area contributed by atoms with E-state index in [-0.39, 0.29) is 28.8 Å². The number of nitrogens with one attached hydrogen (secondary N) is 1.